The van der Waals surface area contributed by atoms with E-state index in [1.807, 2.05) is 25.1 Å². The highest BCUT2D eigenvalue weighted by molar-refractivity contribution is 7.80. The number of rotatable bonds is 6. The van der Waals surface area contributed by atoms with E-state index in [9.17, 15) is 4.79 Å². The van der Waals surface area contributed by atoms with Gasteiger partial charge in [-0.3, -0.25) is 9.69 Å². The fraction of sp³-hybridized carbons (Fsp3) is 0.407. The van der Waals surface area contributed by atoms with Gasteiger partial charge in [0.1, 0.15) is 0 Å². The van der Waals surface area contributed by atoms with Gasteiger partial charge in [-0.2, -0.15) is 0 Å². The highest BCUT2D eigenvalue weighted by Crippen LogP contribution is 2.22. The number of hydrogen-bond donors (Lipinski definition) is 2. The van der Waals surface area contributed by atoms with Crippen LogP contribution in [0.25, 0.3) is 10.9 Å². The lowest BCUT2D eigenvalue weighted by Crippen LogP contribution is -2.45. The van der Waals surface area contributed by atoms with E-state index >= 15 is 0 Å². The van der Waals surface area contributed by atoms with Crippen LogP contribution in [0.2, 0.25) is 0 Å². The predicted molar refractivity (Wildman–Crippen MR) is 142 cm³/mol. The van der Waals surface area contributed by atoms with Crippen LogP contribution in [0.1, 0.15) is 42.0 Å². The predicted octanol–water partition coefficient (Wildman–Crippen LogP) is 5.14. The van der Waals surface area contributed by atoms with Gasteiger partial charge in [-0.1, -0.05) is 31.2 Å². The highest BCUT2D eigenvalue weighted by atomic mass is 32.1. The van der Waals surface area contributed by atoms with Crippen LogP contribution in [0, 0.1) is 20.8 Å². The summed E-state index contributed by atoms with van der Waals surface area (Å²) < 4.78 is 0. The highest BCUT2D eigenvalue weighted by Gasteiger charge is 2.27. The molecule has 2 heterocycles. The van der Waals surface area contributed by atoms with Crippen molar-refractivity contribution in [2.24, 2.45) is 0 Å². The summed E-state index contributed by atoms with van der Waals surface area (Å²) in [5.41, 5.74) is 6.13. The van der Waals surface area contributed by atoms with Crippen molar-refractivity contribution < 1.29 is 0 Å². The summed E-state index contributed by atoms with van der Waals surface area (Å²) in [6, 6.07) is 14.8. The van der Waals surface area contributed by atoms with Crippen molar-refractivity contribution >= 4 is 33.9 Å². The minimum Gasteiger partial charge on any atom is -0.343 e. The van der Waals surface area contributed by atoms with E-state index < -0.39 is 0 Å². The summed E-state index contributed by atoms with van der Waals surface area (Å²) in [7, 11) is 0. The number of aryl methyl sites for hydroxylation is 2. The first-order valence-corrected chi connectivity index (χ1v) is 12.2. The van der Waals surface area contributed by atoms with Gasteiger partial charge in [0.15, 0.2) is 5.11 Å². The van der Waals surface area contributed by atoms with Crippen LogP contribution in [0.3, 0.4) is 0 Å². The summed E-state index contributed by atoms with van der Waals surface area (Å²) in [4.78, 5) is 20.7. The Morgan fingerprint density at radius 3 is 2.82 bits per heavy atom. The average Bonchev–Trinajstić information content (AvgIpc) is 3.24. The van der Waals surface area contributed by atoms with Gasteiger partial charge < -0.3 is 15.2 Å². The summed E-state index contributed by atoms with van der Waals surface area (Å²) in [5.74, 6) is 0. The first kappa shape index (κ1) is 23.5. The second kappa shape index (κ2) is 10.1. The third kappa shape index (κ3) is 5.28. The lowest BCUT2D eigenvalue weighted by Gasteiger charge is -2.32. The fourth-order valence-corrected chi connectivity index (χ4v) is 5.00. The molecule has 0 saturated carbocycles. The molecule has 0 amide bonds. The monoisotopic (exact) mass is 462 g/mol. The maximum atomic E-state index is 13.0. The Balaban J connectivity index is 1.63. The van der Waals surface area contributed by atoms with Crippen molar-refractivity contribution in [3.05, 3.63) is 75.1 Å². The Hall–Kier alpha value is -2.70. The Morgan fingerprint density at radius 1 is 1.21 bits per heavy atom. The number of anilines is 1. The molecule has 0 bridgehead atoms. The van der Waals surface area contributed by atoms with Gasteiger partial charge in [0, 0.05) is 29.4 Å². The number of pyridine rings is 1. The number of likely N-dealkylation sites (tertiary alicyclic amines) is 1. The standard InChI is InChI=1S/C27H34N4OS/c1-5-30-13-7-9-23(30)17-31(27(33)29-24-10-6-8-19(3)20(24)4)16-22-15-21-12-11-18(2)14-25(21)28-26(22)32/h6,8,10-12,14-15,23H,5,7,9,13,16-17H2,1-4H3,(H,28,32)(H,29,33). The van der Waals surface area contributed by atoms with Crippen LogP contribution in [-0.2, 0) is 6.54 Å². The number of benzene rings is 2. The lowest BCUT2D eigenvalue weighted by molar-refractivity contribution is 0.221. The number of aromatic amines is 1. The average molecular weight is 463 g/mol. The molecule has 4 rings (SSSR count). The van der Waals surface area contributed by atoms with Gasteiger partial charge in [-0.25, -0.2) is 0 Å². The molecular weight excluding hydrogens is 428 g/mol. The molecule has 0 radical (unpaired) electrons. The summed E-state index contributed by atoms with van der Waals surface area (Å²) in [5, 5.41) is 5.17. The van der Waals surface area contributed by atoms with Crippen LogP contribution in [0.5, 0.6) is 0 Å². The van der Waals surface area contributed by atoms with Gasteiger partial charge in [0.2, 0.25) is 0 Å². The molecule has 1 unspecified atom stereocenters. The molecule has 3 aromatic rings. The molecule has 1 aliphatic heterocycles. The Kier molecular flexibility index (Phi) is 7.15. The van der Waals surface area contributed by atoms with Gasteiger partial charge >= 0.3 is 0 Å². The first-order chi connectivity index (χ1) is 15.9. The van der Waals surface area contributed by atoms with E-state index in [2.05, 4.69) is 65.1 Å². The fourth-order valence-electron chi connectivity index (χ4n) is 4.76. The number of likely N-dealkylation sites (N-methyl/N-ethyl adjacent to an activating group) is 1. The number of nitrogens with zero attached hydrogens (tertiary/aromatic N) is 2. The molecule has 0 aliphatic carbocycles. The molecule has 1 aromatic heterocycles. The zero-order chi connectivity index (χ0) is 23.5. The summed E-state index contributed by atoms with van der Waals surface area (Å²) in [6.07, 6.45) is 2.36. The zero-order valence-corrected chi connectivity index (χ0v) is 20.9. The molecule has 1 atom stereocenters. The minimum atomic E-state index is -0.0496. The van der Waals surface area contributed by atoms with Gasteiger partial charge in [0.05, 0.1) is 6.54 Å². The van der Waals surface area contributed by atoms with Crippen molar-refractivity contribution in [2.45, 2.75) is 53.1 Å². The second-order valence-electron chi connectivity index (χ2n) is 9.20. The molecule has 0 spiro atoms. The quantitative estimate of drug-likeness (QED) is 0.497. The smallest absolute Gasteiger partial charge is 0.253 e. The van der Waals surface area contributed by atoms with Gasteiger partial charge in [-0.05, 0) is 99.2 Å². The van der Waals surface area contributed by atoms with Gasteiger partial charge in [-0.15, -0.1) is 0 Å². The van der Waals surface area contributed by atoms with Gasteiger partial charge in [0.25, 0.3) is 5.56 Å². The number of hydrogen-bond acceptors (Lipinski definition) is 3. The number of nitrogens with one attached hydrogen (secondary N) is 2. The molecule has 5 nitrogen and oxygen atoms in total. The number of aromatic nitrogens is 1. The van der Waals surface area contributed by atoms with E-state index in [0.29, 0.717) is 17.7 Å². The number of fused-ring (bicyclic) bond motifs is 1. The third-order valence-electron chi connectivity index (χ3n) is 6.91. The first-order valence-electron chi connectivity index (χ1n) is 11.8. The minimum absolute atomic E-state index is 0.0496. The maximum absolute atomic E-state index is 13.0. The molecule has 2 N–H and O–H groups in total. The Bertz CT molecular complexity index is 1220. The molecule has 174 valence electrons. The lowest BCUT2D eigenvalue weighted by atomic mass is 10.1. The van der Waals surface area contributed by atoms with Crippen LogP contribution in [0.15, 0.2) is 47.3 Å². The normalized spacial score (nSPS) is 16.3. The number of H-pyrrole nitrogens is 1. The van der Waals surface area contributed by atoms with E-state index in [0.717, 1.165) is 53.8 Å². The zero-order valence-electron chi connectivity index (χ0n) is 20.1. The largest absolute Gasteiger partial charge is 0.343 e. The van der Waals surface area contributed by atoms with E-state index in [1.54, 1.807) is 0 Å². The van der Waals surface area contributed by atoms with Crippen LogP contribution in [-0.4, -0.2) is 45.6 Å². The molecular formula is C27H34N4OS. The SMILES string of the molecule is CCN1CCCC1CN(Cc1cc2ccc(C)cc2[nH]c1=O)C(=S)Nc1cccc(C)c1C. The number of thiocarbonyl (C=S) groups is 1. The Labute approximate surface area is 201 Å². The summed E-state index contributed by atoms with van der Waals surface area (Å²) >= 11 is 5.91. The van der Waals surface area contributed by atoms with Crippen molar-refractivity contribution in [3.8, 4) is 0 Å². The van der Waals surface area contributed by atoms with Crippen molar-refractivity contribution in [3.63, 3.8) is 0 Å². The van der Waals surface area contributed by atoms with E-state index in [-0.39, 0.29) is 5.56 Å². The molecule has 1 aliphatic rings. The van der Waals surface area contributed by atoms with Crippen molar-refractivity contribution in [1.82, 2.24) is 14.8 Å². The van der Waals surface area contributed by atoms with E-state index in [1.165, 1.54) is 17.5 Å². The van der Waals surface area contributed by atoms with Crippen LogP contribution >= 0.6 is 12.2 Å². The molecule has 33 heavy (non-hydrogen) atoms. The molecule has 2 aromatic carbocycles. The maximum Gasteiger partial charge on any atom is 0.253 e. The summed E-state index contributed by atoms with van der Waals surface area (Å²) in [6.45, 7) is 11.9. The molecule has 6 heteroatoms. The molecule has 1 fully saturated rings. The topological polar surface area (TPSA) is 51.4 Å². The van der Waals surface area contributed by atoms with Crippen molar-refractivity contribution in [1.29, 1.82) is 0 Å². The van der Waals surface area contributed by atoms with E-state index in [4.69, 9.17) is 12.2 Å². The Morgan fingerprint density at radius 2 is 2.03 bits per heavy atom. The van der Waals surface area contributed by atoms with Crippen LogP contribution < -0.4 is 10.9 Å². The second-order valence-corrected chi connectivity index (χ2v) is 9.58. The van der Waals surface area contributed by atoms with Crippen molar-refractivity contribution in [2.75, 3.05) is 25.0 Å². The van der Waals surface area contributed by atoms with Crippen LogP contribution in [0.4, 0.5) is 5.69 Å². The third-order valence-corrected chi connectivity index (χ3v) is 7.27. The molecule has 1 saturated heterocycles.